The van der Waals surface area contributed by atoms with Crippen molar-refractivity contribution in [1.29, 1.82) is 0 Å². The highest BCUT2D eigenvalue weighted by molar-refractivity contribution is 5.87. The lowest BCUT2D eigenvalue weighted by Crippen LogP contribution is -2.45. The van der Waals surface area contributed by atoms with E-state index in [0.29, 0.717) is 0 Å². The first-order chi connectivity index (χ1) is 8.54. The van der Waals surface area contributed by atoms with E-state index >= 15 is 0 Å². The molecule has 0 heterocycles. The zero-order valence-electron chi connectivity index (χ0n) is 11.6. The van der Waals surface area contributed by atoms with Crippen LogP contribution in [0.1, 0.15) is 58.8 Å². The highest BCUT2D eigenvalue weighted by atomic mass is 16.2. The van der Waals surface area contributed by atoms with Crippen LogP contribution in [0.4, 0.5) is 0 Å². The number of hydrogen-bond donors (Lipinski definition) is 2. The van der Waals surface area contributed by atoms with E-state index in [0.717, 1.165) is 31.6 Å². The van der Waals surface area contributed by atoms with Gasteiger partial charge in [-0.15, -0.1) is 0 Å². The van der Waals surface area contributed by atoms with E-state index in [2.05, 4.69) is 12.2 Å². The molecule has 0 aromatic carbocycles. The zero-order valence-corrected chi connectivity index (χ0v) is 11.6. The fourth-order valence-corrected chi connectivity index (χ4v) is 2.61. The van der Waals surface area contributed by atoms with E-state index in [-0.39, 0.29) is 11.8 Å². The van der Waals surface area contributed by atoms with Crippen molar-refractivity contribution in [1.82, 2.24) is 5.32 Å². The van der Waals surface area contributed by atoms with Gasteiger partial charge in [0.1, 0.15) is 6.04 Å². The van der Waals surface area contributed by atoms with E-state index in [4.69, 9.17) is 5.73 Å². The number of amides is 2. The molecule has 104 valence electrons. The van der Waals surface area contributed by atoms with E-state index in [1.165, 1.54) is 19.3 Å². The molecule has 0 aliphatic heterocycles. The van der Waals surface area contributed by atoms with Crippen molar-refractivity contribution in [2.75, 3.05) is 0 Å². The van der Waals surface area contributed by atoms with Crippen LogP contribution in [-0.2, 0) is 9.59 Å². The Morgan fingerprint density at radius 2 is 1.89 bits per heavy atom. The number of nitrogens with two attached hydrogens (primary N) is 1. The smallest absolute Gasteiger partial charge is 0.239 e. The van der Waals surface area contributed by atoms with Crippen molar-refractivity contribution in [2.24, 2.45) is 17.6 Å². The van der Waals surface area contributed by atoms with Crippen molar-refractivity contribution in [3.63, 3.8) is 0 Å². The number of carbonyl (C=O) groups excluding carboxylic acids is 2. The van der Waals surface area contributed by atoms with Gasteiger partial charge in [-0.05, 0) is 38.5 Å². The van der Waals surface area contributed by atoms with Crippen LogP contribution in [0.3, 0.4) is 0 Å². The predicted octanol–water partition coefficient (Wildman–Crippen LogP) is 1.97. The van der Waals surface area contributed by atoms with Crippen LogP contribution < -0.4 is 11.1 Å². The van der Waals surface area contributed by atoms with Gasteiger partial charge < -0.3 is 11.1 Å². The summed E-state index contributed by atoms with van der Waals surface area (Å²) in [5.41, 5.74) is 5.14. The van der Waals surface area contributed by atoms with Gasteiger partial charge in [0.2, 0.25) is 11.8 Å². The van der Waals surface area contributed by atoms with Crippen LogP contribution in [0.25, 0.3) is 0 Å². The molecule has 4 nitrogen and oxygen atoms in total. The molecular formula is C14H26N2O2. The maximum Gasteiger partial charge on any atom is 0.239 e. The molecule has 1 atom stereocenters. The normalized spacial score (nSPS) is 25.4. The van der Waals surface area contributed by atoms with Crippen molar-refractivity contribution >= 4 is 11.8 Å². The van der Waals surface area contributed by atoms with Gasteiger partial charge in [0.05, 0.1) is 0 Å². The Balaban J connectivity index is 2.29. The summed E-state index contributed by atoms with van der Waals surface area (Å²) in [6.45, 7) is 3.84. The first-order valence-electron chi connectivity index (χ1n) is 7.14. The number of unbranched alkanes of at least 4 members (excludes halogenated alkanes) is 1. The summed E-state index contributed by atoms with van der Waals surface area (Å²) < 4.78 is 0. The third-order valence-corrected chi connectivity index (χ3v) is 3.97. The van der Waals surface area contributed by atoms with E-state index < -0.39 is 11.9 Å². The molecule has 0 spiro atoms. The molecule has 1 unspecified atom stereocenters. The van der Waals surface area contributed by atoms with Crippen molar-refractivity contribution < 1.29 is 9.59 Å². The fourth-order valence-electron chi connectivity index (χ4n) is 2.61. The molecule has 1 aliphatic rings. The van der Waals surface area contributed by atoms with Crippen LogP contribution >= 0.6 is 0 Å². The van der Waals surface area contributed by atoms with Crippen LogP contribution in [0.15, 0.2) is 0 Å². The van der Waals surface area contributed by atoms with Crippen molar-refractivity contribution in [2.45, 2.75) is 64.8 Å². The molecule has 0 aromatic rings. The summed E-state index contributed by atoms with van der Waals surface area (Å²) in [5, 5.41) is 2.69. The molecule has 0 saturated heterocycles. The molecule has 0 aromatic heterocycles. The minimum absolute atomic E-state index is 0.00441. The van der Waals surface area contributed by atoms with Gasteiger partial charge in [0.15, 0.2) is 0 Å². The van der Waals surface area contributed by atoms with Gasteiger partial charge in [0, 0.05) is 5.92 Å². The maximum absolute atomic E-state index is 11.9. The predicted molar refractivity (Wildman–Crippen MR) is 71.8 cm³/mol. The number of nitrogens with one attached hydrogen (secondary N) is 1. The molecule has 0 bridgehead atoms. The monoisotopic (exact) mass is 254 g/mol. The highest BCUT2D eigenvalue weighted by Gasteiger charge is 2.27. The number of hydrogen-bond acceptors (Lipinski definition) is 2. The molecule has 18 heavy (non-hydrogen) atoms. The van der Waals surface area contributed by atoms with Gasteiger partial charge in [0.25, 0.3) is 0 Å². The lowest BCUT2D eigenvalue weighted by Gasteiger charge is -2.28. The summed E-state index contributed by atoms with van der Waals surface area (Å²) in [6.07, 6.45) is 8.02. The Labute approximate surface area is 110 Å². The van der Waals surface area contributed by atoms with Gasteiger partial charge >= 0.3 is 0 Å². The Morgan fingerprint density at radius 1 is 1.28 bits per heavy atom. The summed E-state index contributed by atoms with van der Waals surface area (Å²) in [7, 11) is 0. The van der Waals surface area contributed by atoms with Gasteiger partial charge in [-0.1, -0.05) is 26.2 Å². The molecule has 1 aliphatic carbocycles. The highest BCUT2D eigenvalue weighted by Crippen LogP contribution is 2.31. The fraction of sp³-hybridized carbons (Fsp3) is 0.857. The summed E-state index contributed by atoms with van der Waals surface area (Å²) in [5.74, 6) is 0.391. The number of primary amides is 1. The summed E-state index contributed by atoms with van der Waals surface area (Å²) in [4.78, 5) is 22.8. The van der Waals surface area contributed by atoms with Gasteiger partial charge in [-0.2, -0.15) is 0 Å². The zero-order chi connectivity index (χ0) is 13.5. The maximum atomic E-state index is 11.9. The van der Waals surface area contributed by atoms with Gasteiger partial charge in [-0.25, -0.2) is 0 Å². The Hall–Kier alpha value is -1.06. The second-order valence-electron chi connectivity index (χ2n) is 5.49. The molecular weight excluding hydrogens is 228 g/mol. The topological polar surface area (TPSA) is 72.2 Å². The third kappa shape index (κ3) is 4.67. The first kappa shape index (κ1) is 15.0. The first-order valence-corrected chi connectivity index (χ1v) is 7.14. The Morgan fingerprint density at radius 3 is 2.39 bits per heavy atom. The minimum Gasteiger partial charge on any atom is -0.368 e. The molecule has 0 radical (unpaired) electrons. The second-order valence-corrected chi connectivity index (χ2v) is 5.49. The standard InChI is InChI=1S/C14H26N2O2/c1-3-4-5-11-6-8-12(9-7-11)14(18)16-10(2)13(15)17/h10-12H,3-9H2,1-2H3,(H2,15,17)(H,16,18). The molecule has 2 amide bonds. The Kier molecular flexibility index (Phi) is 6.16. The average Bonchev–Trinajstić information content (AvgIpc) is 2.36. The molecule has 3 N–H and O–H groups in total. The van der Waals surface area contributed by atoms with Crippen molar-refractivity contribution in [3.8, 4) is 0 Å². The quantitative estimate of drug-likeness (QED) is 0.760. The molecule has 1 fully saturated rings. The minimum atomic E-state index is -0.560. The lowest BCUT2D eigenvalue weighted by atomic mass is 9.79. The van der Waals surface area contributed by atoms with E-state index in [1.54, 1.807) is 6.92 Å². The van der Waals surface area contributed by atoms with Gasteiger partial charge in [-0.3, -0.25) is 9.59 Å². The number of rotatable bonds is 6. The number of carbonyl (C=O) groups is 2. The van der Waals surface area contributed by atoms with Crippen LogP contribution in [0.2, 0.25) is 0 Å². The molecule has 1 saturated carbocycles. The SMILES string of the molecule is CCCCC1CCC(C(=O)NC(C)C(N)=O)CC1. The largest absolute Gasteiger partial charge is 0.368 e. The van der Waals surface area contributed by atoms with E-state index in [1.807, 2.05) is 0 Å². The van der Waals surface area contributed by atoms with Crippen LogP contribution in [-0.4, -0.2) is 17.9 Å². The van der Waals surface area contributed by atoms with Crippen molar-refractivity contribution in [3.05, 3.63) is 0 Å². The van der Waals surface area contributed by atoms with Crippen LogP contribution in [0.5, 0.6) is 0 Å². The summed E-state index contributed by atoms with van der Waals surface area (Å²) in [6, 6.07) is -0.560. The van der Waals surface area contributed by atoms with Crippen LogP contribution in [0, 0.1) is 11.8 Å². The average molecular weight is 254 g/mol. The van der Waals surface area contributed by atoms with E-state index in [9.17, 15) is 9.59 Å². The second kappa shape index (κ2) is 7.39. The molecule has 1 rings (SSSR count). The summed E-state index contributed by atoms with van der Waals surface area (Å²) >= 11 is 0. The Bertz CT molecular complexity index is 284. The molecule has 4 heteroatoms. The lowest BCUT2D eigenvalue weighted by molar-refractivity contribution is -0.130. The third-order valence-electron chi connectivity index (χ3n) is 3.97.